The molecule has 0 aliphatic rings. The van der Waals surface area contributed by atoms with Crippen molar-refractivity contribution in [3.63, 3.8) is 0 Å². The van der Waals surface area contributed by atoms with E-state index in [1.165, 1.54) is 4.88 Å². The zero-order chi connectivity index (χ0) is 14.0. The van der Waals surface area contributed by atoms with Crippen LogP contribution < -0.4 is 4.74 Å². The van der Waals surface area contributed by atoms with Crippen LogP contribution in [0.1, 0.15) is 27.2 Å². The smallest absolute Gasteiger partial charge is 0.125 e. The van der Waals surface area contributed by atoms with Crippen molar-refractivity contribution in [2.45, 2.75) is 26.4 Å². The maximum atomic E-state index is 10.3. The minimum atomic E-state index is -0.604. The Hall–Kier alpha value is -0.910. The quantitative estimate of drug-likeness (QED) is 0.919. The third kappa shape index (κ3) is 3.35. The molecule has 0 aliphatic carbocycles. The molecule has 0 bridgehead atoms. The lowest BCUT2D eigenvalue weighted by atomic mass is 10.1. The molecule has 1 unspecified atom stereocenters. The predicted octanol–water partition coefficient (Wildman–Crippen LogP) is 3.81. The lowest BCUT2D eigenvalue weighted by molar-refractivity contribution is 0.174. The number of ether oxygens (including phenoxy) is 1. The van der Waals surface area contributed by atoms with Crippen LogP contribution in [0.15, 0.2) is 22.7 Å². The fraction of sp³-hybridized carbons (Fsp3) is 0.357. The minimum absolute atomic E-state index is 0.511. The molecular formula is C14H16BrNO2S. The number of aryl methyl sites for hydroxylation is 2. The normalized spacial score (nSPS) is 12.5. The fourth-order valence-electron chi connectivity index (χ4n) is 1.86. The average Bonchev–Trinajstić information content (AvgIpc) is 2.67. The standard InChI is InChI=1S/C14H16BrNO2S/c1-8-9(2)19-14(16-8)7-12(17)11-5-4-10(15)6-13(11)18-3/h4-6,12,17H,7H2,1-3H3. The number of benzene rings is 1. The summed E-state index contributed by atoms with van der Waals surface area (Å²) in [6.45, 7) is 4.03. The molecule has 2 aromatic rings. The average molecular weight is 342 g/mol. The number of nitrogens with zero attached hydrogens (tertiary/aromatic N) is 1. The lowest BCUT2D eigenvalue weighted by Gasteiger charge is -2.14. The first-order chi connectivity index (χ1) is 9.01. The number of aliphatic hydroxyl groups excluding tert-OH is 1. The van der Waals surface area contributed by atoms with Crippen LogP contribution >= 0.6 is 27.3 Å². The molecule has 1 aromatic heterocycles. The van der Waals surface area contributed by atoms with Crippen LogP contribution in [0.3, 0.4) is 0 Å². The third-order valence-corrected chi connectivity index (χ3v) is 4.58. The van der Waals surface area contributed by atoms with E-state index in [1.54, 1.807) is 18.4 Å². The summed E-state index contributed by atoms with van der Waals surface area (Å²) in [6, 6.07) is 5.64. The van der Waals surface area contributed by atoms with Crippen molar-refractivity contribution in [2.24, 2.45) is 0 Å². The van der Waals surface area contributed by atoms with Crippen LogP contribution in [0.2, 0.25) is 0 Å². The van der Waals surface area contributed by atoms with Gasteiger partial charge in [-0.3, -0.25) is 0 Å². The van der Waals surface area contributed by atoms with Crippen molar-refractivity contribution < 1.29 is 9.84 Å². The summed E-state index contributed by atoms with van der Waals surface area (Å²) in [5, 5.41) is 11.3. The second-order valence-electron chi connectivity index (χ2n) is 4.36. The summed E-state index contributed by atoms with van der Waals surface area (Å²) < 4.78 is 6.24. The maximum absolute atomic E-state index is 10.3. The van der Waals surface area contributed by atoms with Gasteiger partial charge in [-0.2, -0.15) is 0 Å². The first-order valence-electron chi connectivity index (χ1n) is 5.95. The molecule has 0 fully saturated rings. The van der Waals surface area contributed by atoms with Gasteiger partial charge >= 0.3 is 0 Å². The Kier molecular flexibility index (Phi) is 4.60. The highest BCUT2D eigenvalue weighted by Crippen LogP contribution is 2.31. The van der Waals surface area contributed by atoms with Gasteiger partial charge in [0, 0.05) is 21.3 Å². The molecule has 0 saturated heterocycles. The highest BCUT2D eigenvalue weighted by Gasteiger charge is 2.16. The Morgan fingerprint density at radius 1 is 1.42 bits per heavy atom. The molecule has 1 heterocycles. The van der Waals surface area contributed by atoms with E-state index in [9.17, 15) is 5.11 Å². The molecule has 1 N–H and O–H groups in total. The minimum Gasteiger partial charge on any atom is -0.496 e. The van der Waals surface area contributed by atoms with Crippen LogP contribution in [-0.4, -0.2) is 17.2 Å². The molecule has 0 aliphatic heterocycles. The molecule has 3 nitrogen and oxygen atoms in total. The van der Waals surface area contributed by atoms with Gasteiger partial charge in [0.25, 0.3) is 0 Å². The molecule has 0 spiro atoms. The van der Waals surface area contributed by atoms with Crippen LogP contribution in [-0.2, 0) is 6.42 Å². The third-order valence-electron chi connectivity index (χ3n) is 3.00. The van der Waals surface area contributed by atoms with E-state index in [4.69, 9.17) is 4.74 Å². The molecule has 0 saturated carbocycles. The van der Waals surface area contributed by atoms with E-state index in [-0.39, 0.29) is 0 Å². The number of hydrogen-bond donors (Lipinski definition) is 1. The van der Waals surface area contributed by atoms with Crippen LogP contribution in [0.25, 0.3) is 0 Å². The van der Waals surface area contributed by atoms with Crippen molar-refractivity contribution in [1.29, 1.82) is 0 Å². The van der Waals surface area contributed by atoms with Gasteiger partial charge in [0.1, 0.15) is 5.75 Å². The van der Waals surface area contributed by atoms with Crippen molar-refractivity contribution in [1.82, 2.24) is 4.98 Å². The molecule has 19 heavy (non-hydrogen) atoms. The van der Waals surface area contributed by atoms with E-state index >= 15 is 0 Å². The number of methoxy groups -OCH3 is 1. The van der Waals surface area contributed by atoms with Gasteiger partial charge in [0.2, 0.25) is 0 Å². The SMILES string of the molecule is COc1cc(Br)ccc1C(O)Cc1nc(C)c(C)s1. The summed E-state index contributed by atoms with van der Waals surface area (Å²) in [7, 11) is 1.61. The molecule has 1 atom stereocenters. The number of aliphatic hydroxyl groups is 1. The zero-order valence-electron chi connectivity index (χ0n) is 11.1. The van der Waals surface area contributed by atoms with Gasteiger partial charge in [-0.25, -0.2) is 4.98 Å². The Bertz CT molecular complexity index is 563. The van der Waals surface area contributed by atoms with Gasteiger partial charge in [-0.1, -0.05) is 22.0 Å². The van der Waals surface area contributed by atoms with Gasteiger partial charge in [0.05, 0.1) is 23.9 Å². The van der Waals surface area contributed by atoms with Crippen molar-refractivity contribution in [2.75, 3.05) is 7.11 Å². The van der Waals surface area contributed by atoms with Crippen molar-refractivity contribution >= 4 is 27.3 Å². The Balaban J connectivity index is 2.22. The molecule has 2 rings (SSSR count). The van der Waals surface area contributed by atoms with Gasteiger partial charge < -0.3 is 9.84 Å². The van der Waals surface area contributed by atoms with Crippen molar-refractivity contribution in [3.8, 4) is 5.75 Å². The first kappa shape index (κ1) is 14.5. The largest absolute Gasteiger partial charge is 0.496 e. The first-order valence-corrected chi connectivity index (χ1v) is 7.56. The van der Waals surface area contributed by atoms with Crippen molar-refractivity contribution in [3.05, 3.63) is 43.8 Å². The van der Waals surface area contributed by atoms with E-state index in [0.29, 0.717) is 12.2 Å². The molecule has 5 heteroatoms. The molecular weight excluding hydrogens is 326 g/mol. The Morgan fingerprint density at radius 2 is 2.16 bits per heavy atom. The Labute approximate surface area is 125 Å². The molecule has 102 valence electrons. The van der Waals surface area contributed by atoms with E-state index < -0.39 is 6.10 Å². The second kappa shape index (κ2) is 6.03. The maximum Gasteiger partial charge on any atom is 0.125 e. The van der Waals surface area contributed by atoms with E-state index in [2.05, 4.69) is 20.9 Å². The monoisotopic (exact) mass is 341 g/mol. The van der Waals surface area contributed by atoms with Crippen LogP contribution in [0, 0.1) is 13.8 Å². The summed E-state index contributed by atoms with van der Waals surface area (Å²) in [5.41, 5.74) is 1.83. The van der Waals surface area contributed by atoms with Gasteiger partial charge in [-0.05, 0) is 26.0 Å². The number of halogens is 1. The fourth-order valence-corrected chi connectivity index (χ4v) is 3.17. The predicted molar refractivity (Wildman–Crippen MR) is 80.9 cm³/mol. The molecule has 0 radical (unpaired) electrons. The summed E-state index contributed by atoms with van der Waals surface area (Å²) in [6.07, 6.45) is -0.0925. The summed E-state index contributed by atoms with van der Waals surface area (Å²) in [5.74, 6) is 0.687. The zero-order valence-corrected chi connectivity index (χ0v) is 13.5. The summed E-state index contributed by atoms with van der Waals surface area (Å²) in [4.78, 5) is 5.66. The topological polar surface area (TPSA) is 42.4 Å². The number of aromatic nitrogens is 1. The van der Waals surface area contributed by atoms with Gasteiger partial charge in [-0.15, -0.1) is 11.3 Å². The Morgan fingerprint density at radius 3 is 2.74 bits per heavy atom. The lowest BCUT2D eigenvalue weighted by Crippen LogP contribution is -2.04. The number of hydrogen-bond acceptors (Lipinski definition) is 4. The molecule has 0 amide bonds. The highest BCUT2D eigenvalue weighted by molar-refractivity contribution is 9.10. The van der Waals surface area contributed by atoms with Gasteiger partial charge in [0.15, 0.2) is 0 Å². The number of thiazole rings is 1. The van der Waals surface area contributed by atoms with E-state index in [0.717, 1.165) is 20.7 Å². The second-order valence-corrected chi connectivity index (χ2v) is 6.56. The van der Waals surface area contributed by atoms with Crippen LogP contribution in [0.5, 0.6) is 5.75 Å². The van der Waals surface area contributed by atoms with Crippen LogP contribution in [0.4, 0.5) is 0 Å². The summed E-state index contributed by atoms with van der Waals surface area (Å²) >= 11 is 5.03. The van der Waals surface area contributed by atoms with E-state index in [1.807, 2.05) is 32.0 Å². The number of rotatable bonds is 4. The molecule has 1 aromatic carbocycles. The highest BCUT2D eigenvalue weighted by atomic mass is 79.9.